The molecular weight excluding hydrogens is 777 g/mol. The first-order valence-electron chi connectivity index (χ1n) is 17.8. The molecule has 18 heteroatoms. The number of alkyl halides is 3. The van der Waals surface area contributed by atoms with E-state index in [4.69, 9.17) is 30.5 Å². The van der Waals surface area contributed by atoms with E-state index in [2.05, 4.69) is 5.32 Å². The van der Waals surface area contributed by atoms with Crippen LogP contribution in [0.4, 0.5) is 23.7 Å². The second-order valence-electron chi connectivity index (χ2n) is 14.2. The predicted octanol–water partition coefficient (Wildman–Crippen LogP) is 7.53. The largest absolute Gasteiger partial charge is 0.496 e. The van der Waals surface area contributed by atoms with Gasteiger partial charge in [0.05, 0.1) is 60.9 Å². The minimum Gasteiger partial charge on any atom is -0.496 e. The molecule has 308 valence electrons. The number of nitro benzene ring substituents is 1. The number of nitrogens with zero attached hydrogens (tertiary/aromatic N) is 3. The summed E-state index contributed by atoms with van der Waals surface area (Å²) in [6, 6.07) is 8.13. The van der Waals surface area contributed by atoms with Crippen LogP contribution in [0.1, 0.15) is 79.2 Å². The van der Waals surface area contributed by atoms with Crippen molar-refractivity contribution in [2.75, 3.05) is 34.4 Å². The van der Waals surface area contributed by atoms with Gasteiger partial charge < -0.3 is 29.2 Å². The van der Waals surface area contributed by atoms with Crippen LogP contribution in [0.3, 0.4) is 0 Å². The predicted molar refractivity (Wildman–Crippen MR) is 201 cm³/mol. The molecule has 57 heavy (non-hydrogen) atoms. The lowest BCUT2D eigenvalue weighted by molar-refractivity contribution is -0.385. The molecule has 0 aromatic heterocycles. The quantitative estimate of drug-likeness (QED) is 0.103. The van der Waals surface area contributed by atoms with Crippen LogP contribution >= 0.6 is 11.6 Å². The number of amides is 4. The molecule has 1 aliphatic rings. The van der Waals surface area contributed by atoms with E-state index < -0.39 is 75.3 Å². The standard InChI is InChI=1S/C39H44ClF3N4O10/c1-8-9-30(23-11-12-26(31(16-23)47(52)53)36(50)57-38(2,3)4)44-37(51)46-21-34(48)45(20-27-32(55-6)17-25(54-5)18-33(27)56-7)19-24(35(46)49)14-22-10-13-29(40)28(15-22)39(41,42)43/h10-13,15-18,24,30H,8-9,14,19-21H2,1-7H3,(H,44,51)/t24-,30+/m0/s1. The second kappa shape index (κ2) is 18.1. The normalized spacial score (nSPS) is 15.5. The number of urea groups is 1. The van der Waals surface area contributed by atoms with Gasteiger partial charge in [0.1, 0.15) is 35.0 Å². The number of methoxy groups -OCH3 is 3. The van der Waals surface area contributed by atoms with Gasteiger partial charge in [0.25, 0.3) is 5.69 Å². The molecule has 3 aromatic carbocycles. The zero-order chi connectivity index (χ0) is 42.4. The minimum atomic E-state index is -4.80. The highest BCUT2D eigenvalue weighted by atomic mass is 35.5. The summed E-state index contributed by atoms with van der Waals surface area (Å²) in [4.78, 5) is 68.5. The summed E-state index contributed by atoms with van der Waals surface area (Å²) >= 11 is 5.86. The van der Waals surface area contributed by atoms with Crippen molar-refractivity contribution in [3.8, 4) is 17.2 Å². The summed E-state index contributed by atoms with van der Waals surface area (Å²) in [6.45, 7) is 5.36. The Morgan fingerprint density at radius 2 is 1.65 bits per heavy atom. The smallest absolute Gasteiger partial charge is 0.417 e. The van der Waals surface area contributed by atoms with Gasteiger partial charge in [-0.3, -0.25) is 24.6 Å². The topological polar surface area (TPSA) is 167 Å². The lowest BCUT2D eigenvalue weighted by Gasteiger charge is -2.26. The number of carbonyl (C=O) groups is 4. The molecule has 2 atom stereocenters. The van der Waals surface area contributed by atoms with Gasteiger partial charge in [0, 0.05) is 24.7 Å². The summed E-state index contributed by atoms with van der Waals surface area (Å²) < 4.78 is 63.2. The van der Waals surface area contributed by atoms with Crippen LogP contribution in [0, 0.1) is 16.0 Å². The van der Waals surface area contributed by atoms with Gasteiger partial charge in [-0.15, -0.1) is 0 Å². The van der Waals surface area contributed by atoms with Crippen LogP contribution < -0.4 is 19.5 Å². The van der Waals surface area contributed by atoms with E-state index in [0.29, 0.717) is 22.6 Å². The number of nitro groups is 1. The average Bonchev–Trinajstić information content (AvgIpc) is 3.25. The molecule has 0 spiro atoms. The van der Waals surface area contributed by atoms with Crippen molar-refractivity contribution in [1.29, 1.82) is 0 Å². The fourth-order valence-electron chi connectivity index (χ4n) is 6.34. The molecule has 1 fully saturated rings. The number of esters is 1. The zero-order valence-electron chi connectivity index (χ0n) is 32.5. The monoisotopic (exact) mass is 820 g/mol. The maximum Gasteiger partial charge on any atom is 0.417 e. The van der Waals surface area contributed by atoms with E-state index in [-0.39, 0.29) is 54.1 Å². The van der Waals surface area contributed by atoms with Gasteiger partial charge in [0.15, 0.2) is 0 Å². The third-order valence-corrected chi connectivity index (χ3v) is 9.38. The third-order valence-electron chi connectivity index (χ3n) is 9.05. The van der Waals surface area contributed by atoms with Crippen LogP contribution in [0.15, 0.2) is 48.5 Å². The highest BCUT2D eigenvalue weighted by molar-refractivity contribution is 6.31. The molecular formula is C39H44ClF3N4O10. The van der Waals surface area contributed by atoms with E-state index >= 15 is 0 Å². The molecule has 0 bridgehead atoms. The Morgan fingerprint density at radius 3 is 2.19 bits per heavy atom. The number of hydrogen-bond donors (Lipinski definition) is 1. The Bertz CT molecular complexity index is 2000. The lowest BCUT2D eigenvalue weighted by atomic mass is 9.96. The number of benzene rings is 3. The minimum absolute atomic E-state index is 0.0700. The van der Waals surface area contributed by atoms with Crippen molar-refractivity contribution in [3.63, 3.8) is 0 Å². The molecule has 1 aliphatic heterocycles. The Hall–Kier alpha value is -5.58. The number of rotatable bonds is 13. The molecule has 1 heterocycles. The zero-order valence-corrected chi connectivity index (χ0v) is 33.2. The Labute approximate surface area is 332 Å². The summed E-state index contributed by atoms with van der Waals surface area (Å²) in [5.41, 5.74) is -2.24. The van der Waals surface area contributed by atoms with Crippen molar-refractivity contribution in [1.82, 2.24) is 15.1 Å². The number of halogens is 4. The maximum atomic E-state index is 14.3. The van der Waals surface area contributed by atoms with Crippen molar-refractivity contribution in [2.24, 2.45) is 5.92 Å². The van der Waals surface area contributed by atoms with E-state index in [1.54, 1.807) is 39.8 Å². The van der Waals surface area contributed by atoms with Crippen molar-refractivity contribution < 1.29 is 56.2 Å². The Morgan fingerprint density at radius 1 is 1.00 bits per heavy atom. The second-order valence-corrected chi connectivity index (χ2v) is 14.7. The SMILES string of the molecule is CCC[C@@H](NC(=O)N1CC(=O)N(Cc2c(OC)cc(OC)cc2OC)C[C@H](Cc2ccc(Cl)c(C(F)(F)F)c2)C1=O)c1ccc(C(=O)OC(C)(C)C)c([N+](=O)[O-])c1. The number of imide groups is 1. The molecule has 4 rings (SSSR count). The van der Waals surface area contributed by atoms with Crippen molar-refractivity contribution in [2.45, 2.75) is 71.3 Å². The van der Waals surface area contributed by atoms with Gasteiger partial charge >= 0.3 is 18.2 Å². The molecule has 3 aromatic rings. The number of hydrogen-bond acceptors (Lipinski definition) is 10. The lowest BCUT2D eigenvalue weighted by Crippen LogP contribution is -2.48. The van der Waals surface area contributed by atoms with Crippen LogP contribution in [0.5, 0.6) is 17.2 Å². The molecule has 4 amide bonds. The molecule has 0 aliphatic carbocycles. The van der Waals surface area contributed by atoms with Gasteiger partial charge in [-0.25, -0.2) is 9.59 Å². The first kappa shape index (κ1) is 44.1. The van der Waals surface area contributed by atoms with E-state index in [1.165, 1.54) is 44.4 Å². The molecule has 1 saturated heterocycles. The molecule has 14 nitrogen and oxygen atoms in total. The van der Waals surface area contributed by atoms with Crippen molar-refractivity contribution in [3.05, 3.63) is 91.5 Å². The molecule has 0 radical (unpaired) electrons. The third kappa shape index (κ3) is 10.8. The fraction of sp³-hybridized carbons (Fsp3) is 0.436. The van der Waals surface area contributed by atoms with Crippen LogP contribution in [0.2, 0.25) is 5.02 Å². The van der Waals surface area contributed by atoms with Crippen LogP contribution in [0.25, 0.3) is 0 Å². The van der Waals surface area contributed by atoms with Gasteiger partial charge in [-0.1, -0.05) is 37.1 Å². The molecule has 0 unspecified atom stereocenters. The average molecular weight is 821 g/mol. The maximum absolute atomic E-state index is 14.3. The van der Waals surface area contributed by atoms with E-state index in [1.807, 2.05) is 0 Å². The number of nitrogens with one attached hydrogen (secondary N) is 1. The summed E-state index contributed by atoms with van der Waals surface area (Å²) in [5, 5.41) is 14.3. The van der Waals surface area contributed by atoms with E-state index in [0.717, 1.165) is 18.2 Å². The molecule has 1 N–H and O–H groups in total. The number of ether oxygens (including phenoxy) is 4. The first-order chi connectivity index (χ1) is 26.7. The van der Waals surface area contributed by atoms with Gasteiger partial charge in [-0.2, -0.15) is 13.2 Å². The summed E-state index contributed by atoms with van der Waals surface area (Å²) in [5.74, 6) is -2.75. The van der Waals surface area contributed by atoms with E-state index in [9.17, 15) is 42.5 Å². The molecule has 0 saturated carbocycles. The highest BCUT2D eigenvalue weighted by Gasteiger charge is 2.40. The van der Waals surface area contributed by atoms with Gasteiger partial charge in [-0.05, 0) is 62.9 Å². The van der Waals surface area contributed by atoms with Gasteiger partial charge in [0.2, 0.25) is 11.8 Å². The fourth-order valence-corrected chi connectivity index (χ4v) is 6.57. The van der Waals surface area contributed by atoms with Crippen LogP contribution in [-0.2, 0) is 33.5 Å². The number of carbonyl (C=O) groups excluding carboxylic acids is 4. The van der Waals surface area contributed by atoms with Crippen molar-refractivity contribution >= 4 is 41.1 Å². The Kier molecular flexibility index (Phi) is 14.0. The highest BCUT2D eigenvalue weighted by Crippen LogP contribution is 2.38. The summed E-state index contributed by atoms with van der Waals surface area (Å²) in [6.07, 6.45) is -4.44. The first-order valence-corrected chi connectivity index (χ1v) is 18.1. The summed E-state index contributed by atoms with van der Waals surface area (Å²) in [7, 11) is 4.23. The van der Waals surface area contributed by atoms with Crippen LogP contribution in [-0.4, -0.2) is 78.6 Å². The Balaban J connectivity index is 1.74.